The van der Waals surface area contributed by atoms with Gasteiger partial charge in [-0.2, -0.15) is 0 Å². The molecule has 0 aliphatic heterocycles. The van der Waals surface area contributed by atoms with Crippen LogP contribution in [0.15, 0.2) is 41.3 Å². The Kier molecular flexibility index (Phi) is 8.88. The first-order chi connectivity index (χ1) is 15.0. The summed E-state index contributed by atoms with van der Waals surface area (Å²) in [5.41, 5.74) is 3.39. The summed E-state index contributed by atoms with van der Waals surface area (Å²) in [7, 11) is -3.78. The van der Waals surface area contributed by atoms with Gasteiger partial charge in [-0.05, 0) is 74.1 Å². The molecular weight excluding hydrogens is 439 g/mol. The first-order valence-corrected chi connectivity index (χ1v) is 11.6. The predicted octanol–water partition coefficient (Wildman–Crippen LogP) is 2.95. The van der Waals surface area contributed by atoms with Crippen molar-refractivity contribution in [3.05, 3.63) is 64.5 Å². The van der Waals surface area contributed by atoms with E-state index in [0.29, 0.717) is 36.8 Å². The van der Waals surface area contributed by atoms with E-state index in [1.165, 1.54) is 24.3 Å². The molecule has 2 rings (SSSR count). The highest BCUT2D eigenvalue weighted by Gasteiger charge is 2.20. The molecule has 8 nitrogen and oxygen atoms in total. The predicted molar refractivity (Wildman–Crippen MR) is 115 cm³/mol. The first-order valence-electron chi connectivity index (χ1n) is 10.1. The molecule has 0 aromatic heterocycles. The largest absolute Gasteiger partial charge is 0.478 e. The molecule has 0 heterocycles. The fraction of sp³-hybridized carbons (Fsp3) is 0.364. The summed E-state index contributed by atoms with van der Waals surface area (Å²) in [5.74, 6) is -2.54. The summed E-state index contributed by atoms with van der Waals surface area (Å²) in [4.78, 5) is 22.9. The van der Waals surface area contributed by atoms with Gasteiger partial charge >= 0.3 is 5.97 Å². The van der Waals surface area contributed by atoms with Crippen LogP contribution in [-0.2, 0) is 21.2 Å². The number of carbonyl (C=O) groups excluding carboxylic acids is 1. The van der Waals surface area contributed by atoms with Crippen LogP contribution >= 0.6 is 0 Å². The summed E-state index contributed by atoms with van der Waals surface area (Å²) in [5, 5.41) is 17.9. The molecule has 0 aliphatic carbocycles. The quantitative estimate of drug-likeness (QED) is 0.229. The van der Waals surface area contributed by atoms with Gasteiger partial charge in [-0.1, -0.05) is 18.6 Å². The minimum absolute atomic E-state index is 0.0105. The van der Waals surface area contributed by atoms with Gasteiger partial charge in [0.05, 0.1) is 10.5 Å². The number of aromatic carboxylic acids is 1. The molecule has 0 fully saturated rings. The zero-order chi connectivity index (χ0) is 23.9. The molecule has 0 radical (unpaired) electrons. The van der Waals surface area contributed by atoms with Crippen LogP contribution in [0.5, 0.6) is 0 Å². The fourth-order valence-electron chi connectivity index (χ4n) is 3.44. The Bertz CT molecular complexity index is 1050. The van der Waals surface area contributed by atoms with Crippen molar-refractivity contribution in [2.75, 3.05) is 6.54 Å². The fourth-order valence-corrected chi connectivity index (χ4v) is 4.51. The molecule has 1 atom stereocenters. The van der Waals surface area contributed by atoms with Gasteiger partial charge in [-0.15, -0.1) is 0 Å². The number of rotatable bonds is 11. The highest BCUT2D eigenvalue weighted by Crippen LogP contribution is 2.20. The molecule has 0 bridgehead atoms. The van der Waals surface area contributed by atoms with E-state index in [1.54, 1.807) is 31.5 Å². The zero-order valence-corrected chi connectivity index (χ0v) is 18.7. The van der Waals surface area contributed by atoms with E-state index in [-0.39, 0.29) is 22.8 Å². The zero-order valence-electron chi connectivity index (χ0n) is 17.9. The molecule has 2 aromatic carbocycles. The van der Waals surface area contributed by atoms with Crippen LogP contribution in [0, 0.1) is 25.6 Å². The topological polar surface area (TPSA) is 133 Å². The molecule has 0 aliphatic rings. The van der Waals surface area contributed by atoms with Crippen molar-refractivity contribution < 1.29 is 32.7 Å². The van der Waals surface area contributed by atoms with Gasteiger partial charge in [-0.25, -0.2) is 27.8 Å². The molecule has 174 valence electrons. The van der Waals surface area contributed by atoms with Crippen LogP contribution in [0.3, 0.4) is 0 Å². The van der Waals surface area contributed by atoms with E-state index in [0.717, 1.165) is 5.56 Å². The number of hydrogen-bond donors (Lipinski definition) is 4. The standard InChI is InChI=1S/C22H27FN2O6S/c1-14-11-16(12-15(2)20(14)23)13-18(21(26)25-29)5-3-4-10-24-32(30,31)19-8-6-17(7-9-19)22(27)28/h6-9,11-12,18,24,29H,3-5,10,13H2,1-2H3,(H,25,26)(H,27,28)/t18-/m0/s1. The van der Waals surface area contributed by atoms with Gasteiger partial charge in [0.2, 0.25) is 15.9 Å². The number of aryl methyl sites for hydroxylation is 2. The lowest BCUT2D eigenvalue weighted by atomic mass is 9.92. The molecular formula is C22H27FN2O6S. The average Bonchev–Trinajstić information content (AvgIpc) is 2.75. The molecule has 1 amide bonds. The maximum Gasteiger partial charge on any atom is 0.335 e. The minimum Gasteiger partial charge on any atom is -0.478 e. The Labute approximate surface area is 186 Å². The van der Waals surface area contributed by atoms with E-state index in [1.807, 2.05) is 0 Å². The molecule has 0 saturated carbocycles. The summed E-state index contributed by atoms with van der Waals surface area (Å²) >= 11 is 0. The Balaban J connectivity index is 1.90. The summed E-state index contributed by atoms with van der Waals surface area (Å²) < 4.78 is 40.9. The molecule has 4 N–H and O–H groups in total. The van der Waals surface area contributed by atoms with E-state index in [4.69, 9.17) is 10.3 Å². The van der Waals surface area contributed by atoms with E-state index in [2.05, 4.69) is 4.72 Å². The SMILES string of the molecule is Cc1cc(C[C@H](CCCCNS(=O)(=O)c2ccc(C(=O)O)cc2)C(=O)NO)cc(C)c1F. The summed E-state index contributed by atoms with van der Waals surface area (Å²) in [6.07, 6.45) is 1.67. The number of nitrogens with one attached hydrogen (secondary N) is 2. The Morgan fingerprint density at radius 3 is 2.19 bits per heavy atom. The second-order valence-electron chi connectivity index (χ2n) is 7.64. The Hall–Kier alpha value is -2.82. The normalized spacial score (nSPS) is 12.4. The van der Waals surface area contributed by atoms with Crippen molar-refractivity contribution in [2.45, 2.75) is 44.4 Å². The van der Waals surface area contributed by atoms with Gasteiger partial charge in [0.15, 0.2) is 0 Å². The first kappa shape index (κ1) is 25.4. The number of halogens is 1. The average molecular weight is 467 g/mol. The number of amides is 1. The summed E-state index contributed by atoms with van der Waals surface area (Å²) in [6, 6.07) is 8.22. The van der Waals surface area contributed by atoms with E-state index in [9.17, 15) is 22.4 Å². The number of unbranched alkanes of at least 4 members (excludes halogenated alkanes) is 1. The van der Waals surface area contributed by atoms with Crippen LogP contribution in [0.1, 0.15) is 46.3 Å². The van der Waals surface area contributed by atoms with E-state index >= 15 is 0 Å². The highest BCUT2D eigenvalue weighted by molar-refractivity contribution is 7.89. The smallest absolute Gasteiger partial charge is 0.335 e. The van der Waals surface area contributed by atoms with Crippen LogP contribution in [-0.4, -0.2) is 37.2 Å². The number of carboxylic acid groups (broad SMARTS) is 1. The molecule has 10 heteroatoms. The third kappa shape index (κ3) is 6.84. The number of sulfonamides is 1. The van der Waals surface area contributed by atoms with Gasteiger partial charge in [-0.3, -0.25) is 10.0 Å². The van der Waals surface area contributed by atoms with Crippen LogP contribution in [0.25, 0.3) is 0 Å². The third-order valence-electron chi connectivity index (χ3n) is 5.14. The molecule has 32 heavy (non-hydrogen) atoms. The lowest BCUT2D eigenvalue weighted by molar-refractivity contribution is -0.133. The molecule has 2 aromatic rings. The van der Waals surface area contributed by atoms with Crippen LogP contribution in [0.4, 0.5) is 4.39 Å². The molecule has 0 saturated heterocycles. The van der Waals surface area contributed by atoms with E-state index < -0.39 is 27.8 Å². The highest BCUT2D eigenvalue weighted by atomic mass is 32.2. The number of benzene rings is 2. The van der Waals surface area contributed by atoms with Gasteiger partial charge in [0.1, 0.15) is 5.82 Å². The van der Waals surface area contributed by atoms with Gasteiger partial charge in [0, 0.05) is 12.5 Å². The number of carboxylic acids is 1. The second kappa shape index (κ2) is 11.2. The van der Waals surface area contributed by atoms with Gasteiger partial charge in [0.25, 0.3) is 0 Å². The van der Waals surface area contributed by atoms with Gasteiger partial charge < -0.3 is 5.11 Å². The second-order valence-corrected chi connectivity index (χ2v) is 9.41. The van der Waals surface area contributed by atoms with Crippen molar-refractivity contribution in [2.24, 2.45) is 5.92 Å². The minimum atomic E-state index is -3.78. The number of carbonyl (C=O) groups is 2. The molecule has 0 spiro atoms. The van der Waals surface area contributed by atoms with Crippen molar-refractivity contribution in [3.63, 3.8) is 0 Å². The van der Waals surface area contributed by atoms with Crippen molar-refractivity contribution in [3.8, 4) is 0 Å². The van der Waals surface area contributed by atoms with Crippen molar-refractivity contribution in [1.82, 2.24) is 10.2 Å². The maximum atomic E-state index is 13.8. The lowest BCUT2D eigenvalue weighted by Crippen LogP contribution is -2.30. The Morgan fingerprint density at radius 1 is 1.06 bits per heavy atom. The molecule has 0 unspecified atom stereocenters. The van der Waals surface area contributed by atoms with Crippen LogP contribution < -0.4 is 10.2 Å². The number of hydroxylamine groups is 1. The van der Waals surface area contributed by atoms with Crippen molar-refractivity contribution >= 4 is 21.9 Å². The monoisotopic (exact) mass is 466 g/mol. The lowest BCUT2D eigenvalue weighted by Gasteiger charge is -2.16. The summed E-state index contributed by atoms with van der Waals surface area (Å²) in [6.45, 7) is 3.42. The number of hydrogen-bond acceptors (Lipinski definition) is 5. The maximum absolute atomic E-state index is 13.8. The van der Waals surface area contributed by atoms with Crippen molar-refractivity contribution in [1.29, 1.82) is 0 Å². The van der Waals surface area contributed by atoms with Crippen LogP contribution in [0.2, 0.25) is 0 Å². The third-order valence-corrected chi connectivity index (χ3v) is 6.62. The Morgan fingerprint density at radius 2 is 1.66 bits per heavy atom.